The molecule has 0 aromatic heterocycles. The van der Waals surface area contributed by atoms with Gasteiger partial charge in [0.25, 0.3) is 0 Å². The van der Waals surface area contributed by atoms with E-state index in [-0.39, 0.29) is 18.2 Å². The van der Waals surface area contributed by atoms with Gasteiger partial charge in [0, 0.05) is 12.6 Å². The Kier molecular flexibility index (Phi) is 11.2. The molecule has 0 saturated carbocycles. The first-order chi connectivity index (χ1) is 16.6. The van der Waals surface area contributed by atoms with Crippen molar-refractivity contribution >= 4 is 11.9 Å². The van der Waals surface area contributed by atoms with Crippen molar-refractivity contribution in [1.82, 2.24) is 9.80 Å². The number of carboxylic acid groups (broad SMARTS) is 2. The van der Waals surface area contributed by atoms with Gasteiger partial charge in [0.2, 0.25) is 0 Å². The molecule has 2 aromatic rings. The van der Waals surface area contributed by atoms with Crippen molar-refractivity contribution in [1.29, 1.82) is 0 Å². The predicted molar refractivity (Wildman–Crippen MR) is 125 cm³/mol. The molecule has 0 amide bonds. The number of nitrogens with zero attached hydrogens (tertiary/aromatic N) is 2. The predicted octanol–water partition coefficient (Wildman–Crippen LogP) is 2.61. The number of rotatable bonds is 8. The number of aliphatic carboxylic acids is 2. The van der Waals surface area contributed by atoms with Crippen LogP contribution >= 0.6 is 0 Å². The number of hydrogen-bond donors (Lipinski definition) is 3. The van der Waals surface area contributed by atoms with Gasteiger partial charge in [-0.1, -0.05) is 24.3 Å². The fourth-order valence-corrected chi connectivity index (χ4v) is 3.84. The average molecular weight is 495 g/mol. The van der Waals surface area contributed by atoms with Gasteiger partial charge in [-0.3, -0.25) is 0 Å². The second-order valence-electron chi connectivity index (χ2n) is 8.55. The van der Waals surface area contributed by atoms with Crippen molar-refractivity contribution in [2.24, 2.45) is 0 Å². The Morgan fingerprint density at radius 2 is 1.40 bits per heavy atom. The van der Waals surface area contributed by atoms with Crippen molar-refractivity contribution in [2.75, 3.05) is 40.3 Å². The van der Waals surface area contributed by atoms with Crippen LogP contribution in [0.3, 0.4) is 0 Å². The van der Waals surface area contributed by atoms with E-state index in [0.717, 1.165) is 37.1 Å². The summed E-state index contributed by atoms with van der Waals surface area (Å²) in [7, 11) is 4.17. The lowest BCUT2D eigenvalue weighted by Gasteiger charge is -2.36. The highest BCUT2D eigenvalue weighted by molar-refractivity contribution is 6.27. The van der Waals surface area contributed by atoms with Crippen LogP contribution in [0.5, 0.6) is 0 Å². The second kappa shape index (κ2) is 13.8. The van der Waals surface area contributed by atoms with Gasteiger partial charge in [-0.15, -0.1) is 0 Å². The lowest BCUT2D eigenvalue weighted by molar-refractivity contribution is -0.159. The van der Waals surface area contributed by atoms with Gasteiger partial charge < -0.3 is 29.9 Å². The highest BCUT2D eigenvalue weighted by Gasteiger charge is 2.23. The molecule has 3 N–H and O–H groups in total. The topological polar surface area (TPSA) is 111 Å². The van der Waals surface area contributed by atoms with Gasteiger partial charge in [-0.2, -0.15) is 0 Å². The number of carboxylic acids is 2. The summed E-state index contributed by atoms with van der Waals surface area (Å²) in [5.41, 5.74) is 1.52. The fraction of sp³-hybridized carbons (Fsp3) is 0.440. The Morgan fingerprint density at radius 3 is 1.80 bits per heavy atom. The number of benzene rings is 2. The molecule has 2 aromatic carbocycles. The maximum absolute atomic E-state index is 13.3. The third kappa shape index (κ3) is 9.69. The third-order valence-corrected chi connectivity index (χ3v) is 5.79. The Labute approximate surface area is 203 Å². The number of piperidine rings is 1. The normalized spacial score (nSPS) is 15.5. The molecule has 0 radical (unpaired) electrons. The number of ether oxygens (including phenoxy) is 1. The van der Waals surface area contributed by atoms with Crippen molar-refractivity contribution in [3.05, 3.63) is 71.3 Å². The summed E-state index contributed by atoms with van der Waals surface area (Å²) in [5, 5.41) is 25.3. The zero-order valence-corrected chi connectivity index (χ0v) is 19.8. The molecule has 1 atom stereocenters. The van der Waals surface area contributed by atoms with Crippen LogP contribution in [0.1, 0.15) is 30.1 Å². The Bertz CT molecular complexity index is 876. The summed E-state index contributed by atoms with van der Waals surface area (Å²) in [4.78, 5) is 22.7. The summed E-state index contributed by atoms with van der Waals surface area (Å²) in [6.45, 7) is 2.79. The van der Waals surface area contributed by atoms with Crippen LogP contribution in [-0.2, 0) is 14.3 Å². The summed E-state index contributed by atoms with van der Waals surface area (Å²) in [6.07, 6.45) is 1.03. The van der Waals surface area contributed by atoms with E-state index in [0.29, 0.717) is 12.6 Å². The standard InChI is InChI=1S/C23H30F2N2O2.C2H2O4/c1-26-13-11-21(12-14-26)27(2)15-22(28)16-29-23(17-3-7-19(24)8-4-17)18-5-9-20(25)10-6-18;3-1(4)2(5)6/h3-10,21-23,28H,11-16H2,1-2H3;(H,3,4)(H,5,6). The fourth-order valence-electron chi connectivity index (χ4n) is 3.84. The van der Waals surface area contributed by atoms with Crippen LogP contribution in [0.4, 0.5) is 8.78 Å². The summed E-state index contributed by atoms with van der Waals surface area (Å²) in [6, 6.07) is 12.6. The number of halogens is 2. The molecule has 192 valence electrons. The maximum atomic E-state index is 13.3. The Morgan fingerprint density at radius 1 is 0.971 bits per heavy atom. The van der Waals surface area contributed by atoms with E-state index in [4.69, 9.17) is 24.5 Å². The highest BCUT2D eigenvalue weighted by Crippen LogP contribution is 2.27. The Hall–Kier alpha value is -2.92. The minimum absolute atomic E-state index is 0.135. The summed E-state index contributed by atoms with van der Waals surface area (Å²) in [5.74, 6) is -4.30. The number of likely N-dealkylation sites (tertiary alicyclic amines) is 1. The van der Waals surface area contributed by atoms with E-state index in [1.165, 1.54) is 24.3 Å². The van der Waals surface area contributed by atoms with Crippen molar-refractivity contribution < 1.29 is 38.4 Å². The highest BCUT2D eigenvalue weighted by atomic mass is 19.1. The molecule has 0 spiro atoms. The Balaban J connectivity index is 0.000000641. The zero-order valence-electron chi connectivity index (χ0n) is 19.8. The number of carbonyl (C=O) groups is 2. The molecule has 0 aliphatic carbocycles. The van der Waals surface area contributed by atoms with E-state index >= 15 is 0 Å². The molecule has 1 heterocycles. The molecular formula is C25H32F2N2O6. The number of aliphatic hydroxyl groups is 1. The van der Waals surface area contributed by atoms with Crippen LogP contribution in [0.15, 0.2) is 48.5 Å². The lowest BCUT2D eigenvalue weighted by atomic mass is 10.0. The van der Waals surface area contributed by atoms with E-state index in [1.54, 1.807) is 24.3 Å². The van der Waals surface area contributed by atoms with E-state index in [1.807, 2.05) is 7.05 Å². The minimum atomic E-state index is -1.82. The monoisotopic (exact) mass is 494 g/mol. The van der Waals surface area contributed by atoms with Crippen molar-refractivity contribution in [3.8, 4) is 0 Å². The molecule has 8 nitrogen and oxygen atoms in total. The van der Waals surface area contributed by atoms with Crippen LogP contribution in [0, 0.1) is 11.6 Å². The van der Waals surface area contributed by atoms with E-state index in [2.05, 4.69) is 16.8 Å². The molecule has 3 rings (SSSR count). The summed E-state index contributed by atoms with van der Waals surface area (Å²) < 4.78 is 32.7. The molecule has 1 fully saturated rings. The smallest absolute Gasteiger partial charge is 0.414 e. The van der Waals surface area contributed by atoms with E-state index in [9.17, 15) is 13.9 Å². The lowest BCUT2D eigenvalue weighted by Crippen LogP contribution is -2.45. The molecular weight excluding hydrogens is 462 g/mol. The largest absolute Gasteiger partial charge is 0.473 e. The van der Waals surface area contributed by atoms with Crippen molar-refractivity contribution in [2.45, 2.75) is 31.1 Å². The van der Waals surface area contributed by atoms with Crippen molar-refractivity contribution in [3.63, 3.8) is 0 Å². The number of hydrogen-bond acceptors (Lipinski definition) is 6. The first-order valence-electron chi connectivity index (χ1n) is 11.2. The van der Waals surface area contributed by atoms with Gasteiger partial charge in [-0.05, 0) is 75.4 Å². The SMILES string of the molecule is CN1CCC(N(C)CC(O)COC(c2ccc(F)cc2)c2ccc(F)cc2)CC1.O=C(O)C(=O)O. The zero-order chi connectivity index (χ0) is 26.0. The van der Waals surface area contributed by atoms with Gasteiger partial charge in [0.15, 0.2) is 0 Å². The second-order valence-corrected chi connectivity index (χ2v) is 8.55. The molecule has 1 aliphatic rings. The maximum Gasteiger partial charge on any atom is 0.414 e. The van der Waals surface area contributed by atoms with Crippen LogP contribution < -0.4 is 0 Å². The van der Waals surface area contributed by atoms with Gasteiger partial charge in [-0.25, -0.2) is 18.4 Å². The van der Waals surface area contributed by atoms with Crippen LogP contribution in [0.25, 0.3) is 0 Å². The number of likely N-dealkylation sites (N-methyl/N-ethyl adjacent to an activating group) is 1. The van der Waals surface area contributed by atoms with Gasteiger partial charge in [0.1, 0.15) is 17.7 Å². The first-order valence-corrected chi connectivity index (χ1v) is 11.2. The van der Waals surface area contributed by atoms with Gasteiger partial charge in [0.05, 0.1) is 12.7 Å². The molecule has 1 aliphatic heterocycles. The van der Waals surface area contributed by atoms with E-state index < -0.39 is 24.1 Å². The minimum Gasteiger partial charge on any atom is -0.473 e. The molecule has 35 heavy (non-hydrogen) atoms. The van der Waals surface area contributed by atoms with Gasteiger partial charge >= 0.3 is 11.9 Å². The van der Waals surface area contributed by atoms with Crippen LogP contribution in [-0.4, -0.2) is 89.5 Å². The summed E-state index contributed by atoms with van der Waals surface area (Å²) >= 11 is 0. The number of aliphatic hydroxyl groups excluding tert-OH is 1. The quantitative estimate of drug-likeness (QED) is 0.481. The average Bonchev–Trinajstić information content (AvgIpc) is 2.82. The molecule has 10 heteroatoms. The first kappa shape index (κ1) is 28.3. The molecule has 1 unspecified atom stereocenters. The molecule has 0 bridgehead atoms. The van der Waals surface area contributed by atoms with Crippen LogP contribution in [0.2, 0.25) is 0 Å². The third-order valence-electron chi connectivity index (χ3n) is 5.79. The molecule has 1 saturated heterocycles.